The van der Waals surface area contributed by atoms with Crippen molar-refractivity contribution in [3.63, 3.8) is 0 Å². The van der Waals surface area contributed by atoms with E-state index in [2.05, 4.69) is 13.8 Å². The average molecular weight is 472 g/mol. The molecule has 31 heavy (non-hydrogen) atoms. The van der Waals surface area contributed by atoms with Crippen LogP contribution in [-0.2, 0) is 9.59 Å². The van der Waals surface area contributed by atoms with Crippen molar-refractivity contribution in [1.29, 1.82) is 0 Å². The number of carbonyl (C=O) groups is 2. The van der Waals surface area contributed by atoms with Crippen molar-refractivity contribution in [3.8, 4) is 17.2 Å². The van der Waals surface area contributed by atoms with Gasteiger partial charge < -0.3 is 29.4 Å². The summed E-state index contributed by atoms with van der Waals surface area (Å²) in [4.78, 5) is 22.4. The number of hydrogen-bond donors (Lipinski definition) is 2. The van der Waals surface area contributed by atoms with Gasteiger partial charge in [0.25, 0.3) is 0 Å². The lowest BCUT2D eigenvalue weighted by molar-refractivity contribution is -0.142. The third-order valence-electron chi connectivity index (χ3n) is 4.24. The molecule has 2 rings (SSSR count). The van der Waals surface area contributed by atoms with Crippen LogP contribution in [0.2, 0.25) is 0 Å². The van der Waals surface area contributed by atoms with Gasteiger partial charge in [-0.2, -0.15) is 0 Å². The Labute approximate surface area is 194 Å². The summed E-state index contributed by atoms with van der Waals surface area (Å²) >= 11 is 6.82. The molecule has 2 N–H and O–H groups in total. The first-order chi connectivity index (χ1) is 14.7. The van der Waals surface area contributed by atoms with E-state index in [1.807, 2.05) is 26.7 Å². The van der Waals surface area contributed by atoms with Gasteiger partial charge in [-0.3, -0.25) is 0 Å². The molecule has 0 aromatic heterocycles. The minimum atomic E-state index is -0.865. The van der Waals surface area contributed by atoms with E-state index >= 15 is 0 Å². The van der Waals surface area contributed by atoms with Gasteiger partial charge >= 0.3 is 5.97 Å². The van der Waals surface area contributed by atoms with E-state index < -0.39 is 12.0 Å². The van der Waals surface area contributed by atoms with Crippen LogP contribution < -0.4 is 9.47 Å². The third-order valence-corrected chi connectivity index (χ3v) is 5.78. The number of methoxy groups -OCH3 is 2. The molecule has 0 bridgehead atoms. The number of carboxylic acids is 1. The van der Waals surface area contributed by atoms with E-state index in [1.165, 1.54) is 32.4 Å². The summed E-state index contributed by atoms with van der Waals surface area (Å²) in [6, 6.07) is 2.62. The third kappa shape index (κ3) is 7.74. The van der Waals surface area contributed by atoms with Crippen LogP contribution in [0.3, 0.4) is 0 Å². The number of benzene rings is 1. The summed E-state index contributed by atoms with van der Waals surface area (Å²) in [5.74, 6) is -0.312. The molecule has 1 fully saturated rings. The number of rotatable bonds is 7. The van der Waals surface area contributed by atoms with Gasteiger partial charge in [0.1, 0.15) is 17.2 Å². The van der Waals surface area contributed by atoms with E-state index in [1.54, 1.807) is 17.0 Å². The highest BCUT2D eigenvalue weighted by molar-refractivity contribution is 8.26. The second-order valence-corrected chi connectivity index (χ2v) is 8.33. The largest absolute Gasteiger partial charge is 0.502 e. The number of carboxylic acid groups (broad SMARTS) is 1. The number of hydrogen-bond acceptors (Lipinski definition) is 7. The Kier molecular flexibility index (Phi) is 13.6. The highest BCUT2D eigenvalue weighted by Gasteiger charge is 2.38. The first-order valence-electron chi connectivity index (χ1n) is 9.93. The van der Waals surface area contributed by atoms with Crippen LogP contribution >= 0.6 is 24.0 Å². The molecule has 1 aromatic carbocycles. The average Bonchev–Trinajstić information content (AvgIpc) is 3.02. The Morgan fingerprint density at radius 3 is 2.13 bits per heavy atom. The molecule has 7 nitrogen and oxygen atoms in total. The lowest BCUT2D eigenvalue weighted by Gasteiger charge is -2.29. The van der Waals surface area contributed by atoms with Gasteiger partial charge in [-0.05, 0) is 37.1 Å². The van der Waals surface area contributed by atoms with E-state index in [0.29, 0.717) is 22.2 Å². The molecule has 1 aliphatic heterocycles. The summed E-state index contributed by atoms with van der Waals surface area (Å²) in [7, 11) is 2.94. The van der Waals surface area contributed by atoms with Gasteiger partial charge in [-0.1, -0.05) is 57.6 Å². The fourth-order valence-corrected chi connectivity index (χ4v) is 4.54. The first kappa shape index (κ1) is 28.7. The molecule has 0 radical (unpaired) electrons. The van der Waals surface area contributed by atoms with Crippen LogP contribution in [0.4, 0.5) is 0 Å². The van der Waals surface area contributed by atoms with Crippen LogP contribution in [-0.4, -0.2) is 58.5 Å². The van der Waals surface area contributed by atoms with E-state index in [9.17, 15) is 15.0 Å². The SMILES string of the molecule is C=O.CCC.CCC[C@H](C(=O)O)N1C(=S)S/C(=C\c2cc(OC)c(O)c(OC)c2)C1C. The Hall–Kier alpha value is -2.26. The molecule has 174 valence electrons. The molecule has 0 amide bonds. The molecule has 1 unspecified atom stereocenters. The van der Waals surface area contributed by atoms with E-state index in [-0.39, 0.29) is 11.8 Å². The van der Waals surface area contributed by atoms with Crippen LogP contribution in [0.15, 0.2) is 17.0 Å². The van der Waals surface area contributed by atoms with Crippen LogP contribution in [0.5, 0.6) is 17.2 Å². The molecule has 1 heterocycles. The normalized spacial score (nSPS) is 17.2. The number of phenols is 1. The number of aromatic hydroxyl groups is 1. The topological polar surface area (TPSA) is 96.3 Å². The van der Waals surface area contributed by atoms with Crippen molar-refractivity contribution >= 4 is 47.1 Å². The number of phenolic OH excluding ortho intramolecular Hbond substituents is 1. The lowest BCUT2D eigenvalue weighted by Crippen LogP contribution is -2.44. The fourth-order valence-electron chi connectivity index (χ4n) is 2.90. The molecule has 9 heteroatoms. The zero-order chi connectivity index (χ0) is 24.1. The van der Waals surface area contributed by atoms with Gasteiger partial charge in [0.05, 0.1) is 20.3 Å². The second-order valence-electron chi connectivity index (χ2n) is 6.62. The van der Waals surface area contributed by atoms with Crippen molar-refractivity contribution in [3.05, 3.63) is 22.6 Å². The molecular weight excluding hydrogens is 438 g/mol. The monoisotopic (exact) mass is 471 g/mol. The van der Waals surface area contributed by atoms with Crippen molar-refractivity contribution < 1.29 is 29.3 Å². The van der Waals surface area contributed by atoms with Crippen molar-refractivity contribution in [2.24, 2.45) is 0 Å². The zero-order valence-electron chi connectivity index (χ0n) is 19.0. The Bertz CT molecular complexity index is 743. The van der Waals surface area contributed by atoms with Gasteiger partial charge in [0.15, 0.2) is 11.5 Å². The molecule has 1 aliphatic rings. The number of aliphatic carboxylic acids is 1. The first-order valence-corrected chi connectivity index (χ1v) is 11.2. The van der Waals surface area contributed by atoms with Gasteiger partial charge in [0.2, 0.25) is 5.75 Å². The minimum absolute atomic E-state index is 0.0599. The number of thioether (sulfide) groups is 1. The zero-order valence-corrected chi connectivity index (χ0v) is 20.6. The minimum Gasteiger partial charge on any atom is -0.502 e. The number of thiocarbonyl (C=S) groups is 1. The van der Waals surface area contributed by atoms with Crippen LogP contribution in [0.25, 0.3) is 6.08 Å². The molecule has 0 spiro atoms. The summed E-state index contributed by atoms with van der Waals surface area (Å²) in [5, 5.41) is 19.6. The molecule has 1 saturated heterocycles. The smallest absolute Gasteiger partial charge is 0.326 e. The second kappa shape index (κ2) is 14.7. The molecular formula is C22H33NO6S2. The standard InChI is InChI=1S/C18H23NO5S2.C3H8.CH2O/c1-5-6-12(17(21)22)19-10(2)15(26-18(19)25)9-11-7-13(23-3)16(20)14(8-11)24-4;1-3-2;1-2/h7-10,12,20H,5-6H2,1-4H3,(H,21,22);3H2,1-2H3;1H2/b15-9-;;/t10?,12-;;/m1../s1. The van der Waals surface area contributed by atoms with Gasteiger partial charge in [0, 0.05) is 4.91 Å². The van der Waals surface area contributed by atoms with Crippen LogP contribution in [0.1, 0.15) is 52.5 Å². The van der Waals surface area contributed by atoms with Crippen LogP contribution in [0, 0.1) is 0 Å². The highest BCUT2D eigenvalue weighted by atomic mass is 32.2. The summed E-state index contributed by atoms with van der Waals surface area (Å²) in [5.41, 5.74) is 0.776. The summed E-state index contributed by atoms with van der Waals surface area (Å²) in [6.07, 6.45) is 4.46. The highest BCUT2D eigenvalue weighted by Crippen LogP contribution is 2.41. The quantitative estimate of drug-likeness (QED) is 0.535. The maximum atomic E-state index is 11.6. The fraction of sp³-hybridized carbons (Fsp3) is 0.500. The Balaban J connectivity index is 0.00000165. The summed E-state index contributed by atoms with van der Waals surface area (Å²) in [6.45, 7) is 10.2. The van der Waals surface area contributed by atoms with Crippen molar-refractivity contribution in [2.75, 3.05) is 14.2 Å². The van der Waals surface area contributed by atoms with Crippen molar-refractivity contribution in [2.45, 2.75) is 59.0 Å². The number of carbonyl (C=O) groups excluding carboxylic acids is 1. The molecule has 0 aliphatic carbocycles. The summed E-state index contributed by atoms with van der Waals surface area (Å²) < 4.78 is 10.9. The Morgan fingerprint density at radius 2 is 1.74 bits per heavy atom. The van der Waals surface area contributed by atoms with Crippen molar-refractivity contribution in [1.82, 2.24) is 4.90 Å². The molecule has 0 saturated carbocycles. The van der Waals surface area contributed by atoms with E-state index in [0.717, 1.165) is 16.9 Å². The predicted molar refractivity (Wildman–Crippen MR) is 130 cm³/mol. The maximum absolute atomic E-state index is 11.6. The van der Waals surface area contributed by atoms with Gasteiger partial charge in [-0.25, -0.2) is 4.79 Å². The Morgan fingerprint density at radius 1 is 1.26 bits per heavy atom. The molecule has 1 aromatic rings. The lowest BCUT2D eigenvalue weighted by atomic mass is 10.1. The number of nitrogens with zero attached hydrogens (tertiary/aromatic N) is 1. The van der Waals surface area contributed by atoms with E-state index in [4.69, 9.17) is 26.5 Å². The number of ether oxygens (including phenoxy) is 2. The predicted octanol–water partition coefficient (Wildman–Crippen LogP) is 4.96. The molecule has 2 atom stereocenters. The maximum Gasteiger partial charge on any atom is 0.326 e. The van der Waals surface area contributed by atoms with Gasteiger partial charge in [-0.15, -0.1) is 0 Å².